The van der Waals surface area contributed by atoms with Crippen LogP contribution in [0.4, 0.5) is 0 Å². The highest BCUT2D eigenvalue weighted by Gasteiger charge is 2.04. The topological polar surface area (TPSA) is 37.3 Å². The Morgan fingerprint density at radius 1 is 0.852 bits per heavy atom. The summed E-state index contributed by atoms with van der Waals surface area (Å²) in [6, 6.07) is 23.1. The van der Waals surface area contributed by atoms with E-state index in [-0.39, 0.29) is 11.5 Å². The van der Waals surface area contributed by atoms with Crippen LogP contribution in [0.15, 0.2) is 78.9 Å². The predicted octanol–water partition coefficient (Wildman–Crippen LogP) is 6.30. The Bertz CT molecular complexity index is 902. The van der Waals surface area contributed by atoms with Crippen LogP contribution in [-0.2, 0) is 6.42 Å². The smallest absolute Gasteiger partial charge is 0.185 e. The third-order valence-electron chi connectivity index (χ3n) is 4.60. The van der Waals surface area contributed by atoms with Gasteiger partial charge in [0.05, 0.1) is 0 Å². The molecule has 136 valence electrons. The average Bonchev–Trinajstić information content (AvgIpc) is 2.72. The first-order valence-corrected chi connectivity index (χ1v) is 9.36. The van der Waals surface area contributed by atoms with Gasteiger partial charge >= 0.3 is 0 Å². The minimum Gasteiger partial charge on any atom is -0.508 e. The maximum Gasteiger partial charge on any atom is 0.185 e. The summed E-state index contributed by atoms with van der Waals surface area (Å²) in [6.07, 6.45) is 6.86. The van der Waals surface area contributed by atoms with Gasteiger partial charge in [0.1, 0.15) is 5.75 Å². The summed E-state index contributed by atoms with van der Waals surface area (Å²) in [6.45, 7) is 2.21. The Labute approximate surface area is 160 Å². The molecule has 0 radical (unpaired) electrons. The van der Waals surface area contributed by atoms with Crippen molar-refractivity contribution < 1.29 is 9.90 Å². The summed E-state index contributed by atoms with van der Waals surface area (Å²) in [4.78, 5) is 12.3. The Hall–Kier alpha value is -3.13. The number of carbonyl (C=O) groups is 1. The van der Waals surface area contributed by atoms with E-state index in [1.54, 1.807) is 36.4 Å². The van der Waals surface area contributed by atoms with E-state index in [0.717, 1.165) is 23.1 Å². The fourth-order valence-electron chi connectivity index (χ4n) is 2.93. The second kappa shape index (κ2) is 9.00. The second-order valence-corrected chi connectivity index (χ2v) is 6.67. The number of allylic oxidation sites excluding steroid dienone is 1. The lowest BCUT2D eigenvalue weighted by Crippen LogP contribution is -1.93. The summed E-state index contributed by atoms with van der Waals surface area (Å²) in [5.41, 5.74) is 5.17. The Balaban J connectivity index is 1.67. The SMILES string of the molecule is CCCCc1ccc(-c2ccc(C(=O)/C=C/c3ccc(O)cc3)cc2)cc1. The van der Waals surface area contributed by atoms with E-state index in [0.29, 0.717) is 5.56 Å². The molecule has 0 spiro atoms. The van der Waals surface area contributed by atoms with Crippen LogP contribution in [0.1, 0.15) is 41.3 Å². The van der Waals surface area contributed by atoms with Crippen molar-refractivity contribution in [3.63, 3.8) is 0 Å². The molecule has 2 heteroatoms. The van der Waals surface area contributed by atoms with Crippen molar-refractivity contribution in [2.24, 2.45) is 0 Å². The van der Waals surface area contributed by atoms with Crippen molar-refractivity contribution in [2.45, 2.75) is 26.2 Å². The zero-order valence-corrected chi connectivity index (χ0v) is 15.6. The average molecular weight is 356 g/mol. The van der Waals surface area contributed by atoms with Gasteiger partial charge in [0, 0.05) is 5.56 Å². The van der Waals surface area contributed by atoms with Crippen LogP contribution in [-0.4, -0.2) is 10.9 Å². The number of benzene rings is 3. The Kier molecular flexibility index (Phi) is 6.22. The van der Waals surface area contributed by atoms with Crippen molar-refractivity contribution >= 4 is 11.9 Å². The molecule has 0 saturated heterocycles. The molecule has 3 aromatic carbocycles. The number of aryl methyl sites for hydroxylation is 1. The minimum atomic E-state index is -0.0375. The van der Waals surface area contributed by atoms with Gasteiger partial charge in [-0.05, 0) is 53.3 Å². The fourth-order valence-corrected chi connectivity index (χ4v) is 2.93. The molecular formula is C25H24O2. The van der Waals surface area contributed by atoms with Gasteiger partial charge in [-0.2, -0.15) is 0 Å². The third kappa shape index (κ3) is 5.18. The summed E-state index contributed by atoms with van der Waals surface area (Å²) in [5.74, 6) is 0.178. The van der Waals surface area contributed by atoms with Crippen molar-refractivity contribution in [1.82, 2.24) is 0 Å². The molecule has 1 N–H and O–H groups in total. The summed E-state index contributed by atoms with van der Waals surface area (Å²) in [7, 11) is 0. The zero-order chi connectivity index (χ0) is 19.1. The largest absolute Gasteiger partial charge is 0.508 e. The van der Waals surface area contributed by atoms with Crippen LogP contribution < -0.4 is 0 Å². The van der Waals surface area contributed by atoms with Gasteiger partial charge in [0.2, 0.25) is 0 Å². The quantitative estimate of drug-likeness (QED) is 0.398. The molecule has 0 atom stereocenters. The molecule has 0 heterocycles. The maximum absolute atomic E-state index is 12.3. The molecule has 3 aromatic rings. The van der Waals surface area contributed by atoms with Crippen molar-refractivity contribution in [2.75, 3.05) is 0 Å². The molecule has 2 nitrogen and oxygen atoms in total. The van der Waals surface area contributed by atoms with Gasteiger partial charge in [-0.3, -0.25) is 4.79 Å². The summed E-state index contributed by atoms with van der Waals surface area (Å²) in [5, 5.41) is 9.29. The van der Waals surface area contributed by atoms with Crippen LogP contribution in [0.25, 0.3) is 17.2 Å². The number of carbonyl (C=O) groups excluding carboxylic acids is 1. The third-order valence-corrected chi connectivity index (χ3v) is 4.60. The van der Waals surface area contributed by atoms with E-state index in [4.69, 9.17) is 0 Å². The number of unbranched alkanes of at least 4 members (excludes halogenated alkanes) is 1. The van der Waals surface area contributed by atoms with Gasteiger partial charge in [-0.15, -0.1) is 0 Å². The van der Waals surface area contributed by atoms with E-state index in [9.17, 15) is 9.90 Å². The number of phenolic OH excluding ortho intramolecular Hbond substituents is 1. The van der Waals surface area contributed by atoms with Crippen molar-refractivity contribution in [3.05, 3.63) is 95.6 Å². The van der Waals surface area contributed by atoms with Crippen LogP contribution in [0.2, 0.25) is 0 Å². The first-order chi connectivity index (χ1) is 13.2. The molecule has 3 rings (SSSR count). The second-order valence-electron chi connectivity index (χ2n) is 6.67. The van der Waals surface area contributed by atoms with E-state index in [2.05, 4.69) is 31.2 Å². The molecule has 0 aliphatic rings. The normalized spacial score (nSPS) is 11.0. The van der Waals surface area contributed by atoms with E-state index < -0.39 is 0 Å². The maximum atomic E-state index is 12.3. The molecule has 0 aliphatic heterocycles. The number of hydrogen-bond donors (Lipinski definition) is 1. The van der Waals surface area contributed by atoms with E-state index >= 15 is 0 Å². The molecule has 0 saturated carbocycles. The van der Waals surface area contributed by atoms with Crippen LogP contribution in [0, 0.1) is 0 Å². The summed E-state index contributed by atoms with van der Waals surface area (Å²) >= 11 is 0. The predicted molar refractivity (Wildman–Crippen MR) is 112 cm³/mol. The number of ketones is 1. The Morgan fingerprint density at radius 3 is 2.04 bits per heavy atom. The number of rotatable bonds is 7. The molecule has 0 amide bonds. The van der Waals surface area contributed by atoms with Crippen LogP contribution in [0.5, 0.6) is 5.75 Å². The lowest BCUT2D eigenvalue weighted by Gasteiger charge is -2.05. The molecule has 0 aromatic heterocycles. The highest BCUT2D eigenvalue weighted by molar-refractivity contribution is 6.07. The monoisotopic (exact) mass is 356 g/mol. The first-order valence-electron chi connectivity index (χ1n) is 9.36. The van der Waals surface area contributed by atoms with Gasteiger partial charge in [0.15, 0.2) is 5.78 Å². The highest BCUT2D eigenvalue weighted by Crippen LogP contribution is 2.21. The highest BCUT2D eigenvalue weighted by atomic mass is 16.3. The van der Waals surface area contributed by atoms with E-state index in [1.807, 2.05) is 24.3 Å². The lowest BCUT2D eigenvalue weighted by atomic mass is 10.00. The summed E-state index contributed by atoms with van der Waals surface area (Å²) < 4.78 is 0. The molecule has 0 bridgehead atoms. The van der Waals surface area contributed by atoms with Crippen molar-refractivity contribution in [3.8, 4) is 16.9 Å². The number of phenols is 1. The zero-order valence-electron chi connectivity index (χ0n) is 15.6. The number of hydrogen-bond acceptors (Lipinski definition) is 2. The molecule has 0 fully saturated rings. The number of aromatic hydroxyl groups is 1. The van der Waals surface area contributed by atoms with Gasteiger partial charge in [-0.1, -0.05) is 80.1 Å². The molecule has 0 unspecified atom stereocenters. The van der Waals surface area contributed by atoms with Crippen LogP contribution in [0.3, 0.4) is 0 Å². The van der Waals surface area contributed by atoms with Gasteiger partial charge in [-0.25, -0.2) is 0 Å². The standard InChI is InChI=1S/C25H24O2/c1-2-3-4-19-5-10-21(11-6-19)22-12-14-23(15-13-22)25(27)18-9-20-7-16-24(26)17-8-20/h5-18,26H,2-4H2,1H3/b18-9+. The Morgan fingerprint density at radius 2 is 1.44 bits per heavy atom. The first kappa shape index (κ1) is 18.7. The van der Waals surface area contributed by atoms with Gasteiger partial charge < -0.3 is 5.11 Å². The van der Waals surface area contributed by atoms with Gasteiger partial charge in [0.25, 0.3) is 0 Å². The minimum absolute atomic E-state index is 0.0375. The molecule has 27 heavy (non-hydrogen) atoms. The van der Waals surface area contributed by atoms with E-state index in [1.165, 1.54) is 18.4 Å². The fraction of sp³-hybridized carbons (Fsp3) is 0.160. The van der Waals surface area contributed by atoms with Crippen molar-refractivity contribution in [1.29, 1.82) is 0 Å². The lowest BCUT2D eigenvalue weighted by molar-refractivity contribution is 0.104. The van der Waals surface area contributed by atoms with Crippen LogP contribution >= 0.6 is 0 Å². The molecular weight excluding hydrogens is 332 g/mol. The molecule has 0 aliphatic carbocycles.